The maximum Gasteiger partial charge on any atom is 0.220 e. The zero-order valence-corrected chi connectivity index (χ0v) is 29.3. The monoisotopic (exact) mass is 622 g/mol. The average Bonchev–Trinajstić information content (AvgIpc) is 3.03. The predicted octanol–water partition coefficient (Wildman–Crippen LogP) is 10.3. The molecule has 0 aliphatic heterocycles. The number of aliphatic hydroxyl groups excluding tert-OH is 3. The Kier molecular flexibility index (Phi) is 33.8. The molecule has 260 valence electrons. The van der Waals surface area contributed by atoms with Gasteiger partial charge in [0.2, 0.25) is 5.91 Å². The van der Waals surface area contributed by atoms with Crippen molar-refractivity contribution in [3.05, 3.63) is 24.3 Å². The molecule has 3 atom stereocenters. The molecular formula is C39H75NO4. The Morgan fingerprint density at radius 2 is 0.909 bits per heavy atom. The van der Waals surface area contributed by atoms with Gasteiger partial charge in [-0.15, -0.1) is 0 Å². The number of rotatable bonds is 34. The third-order valence-corrected chi connectivity index (χ3v) is 8.78. The van der Waals surface area contributed by atoms with Crippen molar-refractivity contribution in [3.8, 4) is 0 Å². The highest BCUT2D eigenvalue weighted by Gasteiger charge is 2.26. The molecule has 0 radical (unpaired) electrons. The van der Waals surface area contributed by atoms with Crippen LogP contribution < -0.4 is 5.32 Å². The lowest BCUT2D eigenvalue weighted by Gasteiger charge is -2.26. The third kappa shape index (κ3) is 29.5. The van der Waals surface area contributed by atoms with Crippen molar-refractivity contribution in [2.75, 3.05) is 6.61 Å². The van der Waals surface area contributed by atoms with Crippen LogP contribution in [0.25, 0.3) is 0 Å². The molecule has 0 aliphatic rings. The molecule has 0 heterocycles. The molecule has 0 aliphatic carbocycles. The molecule has 4 N–H and O–H groups in total. The highest BCUT2D eigenvalue weighted by atomic mass is 16.3. The molecule has 0 spiro atoms. The number of amides is 1. The summed E-state index contributed by atoms with van der Waals surface area (Å²) in [6, 6.07) is -0.823. The van der Waals surface area contributed by atoms with E-state index in [9.17, 15) is 20.1 Å². The number of carbonyl (C=O) groups excluding carboxylic acids is 1. The Hall–Kier alpha value is -1.17. The fourth-order valence-electron chi connectivity index (χ4n) is 5.74. The summed E-state index contributed by atoms with van der Waals surface area (Å²) >= 11 is 0. The summed E-state index contributed by atoms with van der Waals surface area (Å²) in [5.74, 6) is -0.162. The number of nitrogens with one attached hydrogen (secondary N) is 1. The summed E-state index contributed by atoms with van der Waals surface area (Å²) in [5.41, 5.74) is 0. The SMILES string of the molecule is CCCCC/C=C/CCCC(O)C(O)C(CO)NC(=O)CCCCCCCCC/C=C\CCCCCCCCCCCCC. The number of carbonyl (C=O) groups is 1. The lowest BCUT2D eigenvalue weighted by atomic mass is 10.0. The average molecular weight is 622 g/mol. The molecule has 3 unspecified atom stereocenters. The second-order valence-corrected chi connectivity index (χ2v) is 13.1. The minimum atomic E-state index is -1.16. The molecule has 0 aromatic rings. The van der Waals surface area contributed by atoms with Crippen LogP contribution in [-0.4, -0.2) is 46.1 Å². The van der Waals surface area contributed by atoms with Crippen molar-refractivity contribution in [2.24, 2.45) is 0 Å². The van der Waals surface area contributed by atoms with Crippen LogP contribution in [-0.2, 0) is 4.79 Å². The third-order valence-electron chi connectivity index (χ3n) is 8.78. The van der Waals surface area contributed by atoms with Crippen LogP contribution in [0.4, 0.5) is 0 Å². The minimum Gasteiger partial charge on any atom is -0.394 e. The van der Waals surface area contributed by atoms with E-state index in [1.165, 1.54) is 128 Å². The Balaban J connectivity index is 3.61. The first-order valence-electron chi connectivity index (χ1n) is 19.1. The smallest absolute Gasteiger partial charge is 0.220 e. The fourth-order valence-corrected chi connectivity index (χ4v) is 5.74. The maximum absolute atomic E-state index is 12.3. The number of hydrogen-bond acceptors (Lipinski definition) is 4. The van der Waals surface area contributed by atoms with Crippen LogP contribution >= 0.6 is 0 Å². The quantitative estimate of drug-likeness (QED) is 0.0425. The summed E-state index contributed by atoms with van der Waals surface area (Å²) in [7, 11) is 0. The van der Waals surface area contributed by atoms with Gasteiger partial charge in [-0.2, -0.15) is 0 Å². The first-order valence-corrected chi connectivity index (χ1v) is 19.1. The standard InChI is InChI=1S/C39H75NO4/c1-3-5-7-9-11-13-14-15-16-17-18-19-20-21-22-23-24-25-26-28-30-32-34-38(43)40-36(35-41)39(44)37(42)33-31-29-27-12-10-8-6-4-2/h12,20-21,27,36-37,39,41-42,44H,3-11,13-19,22-26,28-35H2,1-2H3,(H,40,43)/b21-20-,27-12+. The highest BCUT2D eigenvalue weighted by molar-refractivity contribution is 5.76. The second kappa shape index (κ2) is 34.7. The van der Waals surface area contributed by atoms with Crippen LogP contribution in [0.5, 0.6) is 0 Å². The summed E-state index contributed by atoms with van der Waals surface area (Å²) in [6.45, 7) is 4.10. The predicted molar refractivity (Wildman–Crippen MR) is 190 cm³/mol. The number of unbranched alkanes of at least 4 members (excludes halogenated alkanes) is 22. The van der Waals surface area contributed by atoms with E-state index in [0.29, 0.717) is 12.8 Å². The van der Waals surface area contributed by atoms with E-state index in [0.717, 1.165) is 38.5 Å². The summed E-state index contributed by atoms with van der Waals surface area (Å²) in [6.07, 6.45) is 40.1. The summed E-state index contributed by atoms with van der Waals surface area (Å²) in [4.78, 5) is 12.3. The molecule has 0 aromatic carbocycles. The number of allylic oxidation sites excluding steroid dienone is 4. The van der Waals surface area contributed by atoms with E-state index in [2.05, 4.69) is 43.5 Å². The molecule has 0 saturated heterocycles. The van der Waals surface area contributed by atoms with Gasteiger partial charge in [0.1, 0.15) is 6.10 Å². The van der Waals surface area contributed by atoms with Gasteiger partial charge in [0, 0.05) is 6.42 Å². The van der Waals surface area contributed by atoms with Crippen molar-refractivity contribution in [1.82, 2.24) is 5.32 Å². The number of aliphatic hydroxyl groups is 3. The summed E-state index contributed by atoms with van der Waals surface area (Å²) < 4.78 is 0. The molecule has 5 nitrogen and oxygen atoms in total. The maximum atomic E-state index is 12.3. The van der Waals surface area contributed by atoms with E-state index in [4.69, 9.17) is 0 Å². The van der Waals surface area contributed by atoms with Crippen molar-refractivity contribution in [3.63, 3.8) is 0 Å². The number of hydrogen-bond donors (Lipinski definition) is 4. The van der Waals surface area contributed by atoms with Crippen molar-refractivity contribution >= 4 is 5.91 Å². The zero-order chi connectivity index (χ0) is 32.4. The lowest BCUT2D eigenvalue weighted by molar-refractivity contribution is -0.124. The van der Waals surface area contributed by atoms with Crippen LogP contribution in [0.1, 0.15) is 194 Å². The molecule has 0 aromatic heterocycles. The van der Waals surface area contributed by atoms with E-state index < -0.39 is 18.2 Å². The van der Waals surface area contributed by atoms with Gasteiger partial charge in [0.05, 0.1) is 18.8 Å². The van der Waals surface area contributed by atoms with Gasteiger partial charge in [-0.1, -0.05) is 147 Å². The minimum absolute atomic E-state index is 0.162. The molecule has 0 fully saturated rings. The molecular weight excluding hydrogens is 546 g/mol. The molecule has 5 heteroatoms. The van der Waals surface area contributed by atoms with E-state index >= 15 is 0 Å². The Morgan fingerprint density at radius 3 is 1.36 bits per heavy atom. The van der Waals surface area contributed by atoms with Crippen LogP contribution in [0, 0.1) is 0 Å². The zero-order valence-electron chi connectivity index (χ0n) is 29.3. The molecule has 44 heavy (non-hydrogen) atoms. The van der Waals surface area contributed by atoms with E-state index in [1.807, 2.05) is 0 Å². The van der Waals surface area contributed by atoms with Crippen molar-refractivity contribution in [1.29, 1.82) is 0 Å². The first kappa shape index (κ1) is 42.8. The van der Waals surface area contributed by atoms with Crippen molar-refractivity contribution in [2.45, 2.75) is 212 Å². The lowest BCUT2D eigenvalue weighted by Crippen LogP contribution is -2.50. The van der Waals surface area contributed by atoms with Gasteiger partial charge in [-0.3, -0.25) is 4.79 Å². The summed E-state index contributed by atoms with van der Waals surface area (Å²) in [5, 5.41) is 33.1. The first-order chi connectivity index (χ1) is 21.6. The second-order valence-electron chi connectivity index (χ2n) is 13.1. The topological polar surface area (TPSA) is 89.8 Å². The van der Waals surface area contributed by atoms with Gasteiger partial charge in [-0.05, 0) is 64.2 Å². The van der Waals surface area contributed by atoms with E-state index in [-0.39, 0.29) is 12.5 Å². The van der Waals surface area contributed by atoms with Crippen LogP contribution in [0.3, 0.4) is 0 Å². The fraction of sp³-hybridized carbons (Fsp3) is 0.872. The van der Waals surface area contributed by atoms with Gasteiger partial charge in [0.25, 0.3) is 0 Å². The Labute approximate surface area is 273 Å². The normalized spacial score (nSPS) is 14.0. The highest BCUT2D eigenvalue weighted by Crippen LogP contribution is 2.14. The largest absolute Gasteiger partial charge is 0.394 e. The molecule has 1 amide bonds. The van der Waals surface area contributed by atoms with Crippen molar-refractivity contribution < 1.29 is 20.1 Å². The van der Waals surface area contributed by atoms with Gasteiger partial charge >= 0.3 is 0 Å². The molecule has 0 bridgehead atoms. The Morgan fingerprint density at radius 1 is 0.545 bits per heavy atom. The Bertz CT molecular complexity index is 650. The molecule has 0 saturated carbocycles. The van der Waals surface area contributed by atoms with Gasteiger partial charge < -0.3 is 20.6 Å². The molecule has 0 rings (SSSR count). The van der Waals surface area contributed by atoms with E-state index in [1.54, 1.807) is 0 Å². The van der Waals surface area contributed by atoms with Gasteiger partial charge in [0.15, 0.2) is 0 Å². The van der Waals surface area contributed by atoms with Gasteiger partial charge in [-0.25, -0.2) is 0 Å². The van der Waals surface area contributed by atoms with Crippen LogP contribution in [0.2, 0.25) is 0 Å². The van der Waals surface area contributed by atoms with Crippen LogP contribution in [0.15, 0.2) is 24.3 Å².